The van der Waals surface area contributed by atoms with Crippen LogP contribution in [-0.4, -0.2) is 52.7 Å². The number of carbonyl (C=O) groups is 1. The summed E-state index contributed by atoms with van der Waals surface area (Å²) in [4.78, 5) is 27.0. The molecule has 1 aromatic heterocycles. The minimum Gasteiger partial charge on any atom is -0.398 e. The lowest BCUT2D eigenvalue weighted by atomic mass is 9.67. The van der Waals surface area contributed by atoms with E-state index < -0.39 is 0 Å². The van der Waals surface area contributed by atoms with Gasteiger partial charge in [-0.2, -0.15) is 10.2 Å². The Morgan fingerprint density at radius 3 is 2.67 bits per heavy atom. The van der Waals surface area contributed by atoms with E-state index in [9.17, 15) is 4.79 Å². The van der Waals surface area contributed by atoms with Crippen molar-refractivity contribution in [1.29, 1.82) is 5.26 Å². The average Bonchev–Trinajstić information content (AvgIpc) is 2.88. The van der Waals surface area contributed by atoms with Crippen LogP contribution in [0.25, 0.3) is 0 Å². The first-order valence-corrected chi connectivity index (χ1v) is 12.7. The second kappa shape index (κ2) is 11.1. The summed E-state index contributed by atoms with van der Waals surface area (Å²) in [5.41, 5.74) is 9.68. The first kappa shape index (κ1) is 25.7. The molecule has 0 bridgehead atoms. The van der Waals surface area contributed by atoms with Crippen LogP contribution in [0, 0.1) is 16.7 Å². The zero-order valence-corrected chi connectivity index (χ0v) is 21.6. The maximum absolute atomic E-state index is 12.0. The fourth-order valence-electron chi connectivity index (χ4n) is 5.23. The molecule has 190 valence electrons. The third kappa shape index (κ3) is 5.88. The summed E-state index contributed by atoms with van der Waals surface area (Å²) < 4.78 is 0. The topological polar surface area (TPSA) is 132 Å². The monoisotopic (exact) mass is 508 g/mol. The number of piperidine rings is 1. The summed E-state index contributed by atoms with van der Waals surface area (Å²) in [5.74, 6) is 1.01. The number of nitrogens with one attached hydrogen (secondary N) is 2. The number of aliphatic imine (C=N–C) groups is 1. The molecule has 10 heteroatoms. The Morgan fingerprint density at radius 2 is 2.03 bits per heavy atom. The Morgan fingerprint density at radius 1 is 1.31 bits per heavy atom. The van der Waals surface area contributed by atoms with Crippen molar-refractivity contribution in [2.24, 2.45) is 10.4 Å². The van der Waals surface area contributed by atoms with Crippen LogP contribution in [0.5, 0.6) is 0 Å². The van der Waals surface area contributed by atoms with Gasteiger partial charge in [-0.1, -0.05) is 11.6 Å². The number of carbonyl (C=O) groups excluding carboxylic acids is 1. The molecule has 1 saturated carbocycles. The molecule has 1 aliphatic carbocycles. The Balaban J connectivity index is 1.34. The molecule has 1 saturated heterocycles. The minimum absolute atomic E-state index is 0.0262. The Hall–Kier alpha value is -3.38. The maximum atomic E-state index is 12.0. The van der Waals surface area contributed by atoms with E-state index >= 15 is 0 Å². The van der Waals surface area contributed by atoms with Crippen LogP contribution in [0.2, 0.25) is 5.02 Å². The third-order valence-corrected chi connectivity index (χ3v) is 7.85. The van der Waals surface area contributed by atoms with Crippen molar-refractivity contribution in [2.75, 3.05) is 36.5 Å². The highest BCUT2D eigenvalue weighted by Gasteiger charge is 2.39. The number of hydrogen-bond donors (Lipinski definition) is 3. The lowest BCUT2D eigenvalue weighted by molar-refractivity contribution is -0.132. The third-order valence-electron chi connectivity index (χ3n) is 7.57. The summed E-state index contributed by atoms with van der Waals surface area (Å²) in [7, 11) is 1.74. The molecule has 0 atom stereocenters. The average molecular weight is 509 g/mol. The number of nitrogen functional groups attached to an aromatic ring is 1. The number of halogens is 1. The predicted molar refractivity (Wildman–Crippen MR) is 144 cm³/mol. The molecule has 1 spiro atoms. The van der Waals surface area contributed by atoms with Crippen LogP contribution < -0.4 is 16.4 Å². The number of hydrogen-bond acceptors (Lipinski definition) is 8. The van der Waals surface area contributed by atoms with Crippen molar-refractivity contribution in [3.05, 3.63) is 35.0 Å². The lowest BCUT2D eigenvalue weighted by Gasteiger charge is -2.46. The minimum atomic E-state index is -0.0472. The van der Waals surface area contributed by atoms with Gasteiger partial charge in [-0.3, -0.25) is 9.79 Å². The van der Waals surface area contributed by atoms with Gasteiger partial charge in [0.2, 0.25) is 11.9 Å². The smallest absolute Gasteiger partial charge is 0.236 e. The molecule has 4 N–H and O–H groups in total. The quantitative estimate of drug-likeness (QED) is 0.378. The number of nitrogens with two attached hydrogens (primary N) is 1. The van der Waals surface area contributed by atoms with Crippen LogP contribution in [0.15, 0.2) is 29.4 Å². The molecule has 9 nitrogen and oxygen atoms in total. The second-order valence-corrected chi connectivity index (χ2v) is 10.2. The van der Waals surface area contributed by atoms with Crippen LogP contribution in [-0.2, 0) is 4.79 Å². The van der Waals surface area contributed by atoms with E-state index in [1.54, 1.807) is 13.2 Å². The molecule has 1 aliphatic heterocycles. The van der Waals surface area contributed by atoms with Gasteiger partial charge >= 0.3 is 0 Å². The second-order valence-electron chi connectivity index (χ2n) is 9.76. The van der Waals surface area contributed by atoms with Gasteiger partial charge in [0.05, 0.1) is 12.3 Å². The predicted octanol–water partition coefficient (Wildman–Crippen LogP) is 4.77. The van der Waals surface area contributed by atoms with E-state index in [1.165, 1.54) is 0 Å². The van der Waals surface area contributed by atoms with E-state index in [0.717, 1.165) is 68.6 Å². The summed E-state index contributed by atoms with van der Waals surface area (Å²) in [6.07, 6.45) is 7.83. The van der Waals surface area contributed by atoms with Crippen molar-refractivity contribution >= 4 is 46.4 Å². The molecule has 2 aliphatic rings. The van der Waals surface area contributed by atoms with E-state index in [2.05, 4.69) is 25.6 Å². The fraction of sp³-hybridized carbons (Fsp3) is 0.500. The van der Waals surface area contributed by atoms with Gasteiger partial charge in [-0.25, -0.2) is 4.98 Å². The molecule has 2 aromatic rings. The molecule has 2 fully saturated rings. The molecule has 1 aromatic carbocycles. The SMILES string of the molecule is CN=C(C)c1ccc(Nc2ncc(Cl)c(NC3CCC4(CC3)CCN(C(=O)CC#N)CC4)n2)cc1N. The Labute approximate surface area is 217 Å². The number of nitrogens with zero attached hydrogens (tertiary/aromatic N) is 5. The van der Waals surface area contributed by atoms with E-state index in [1.807, 2.05) is 36.1 Å². The van der Waals surface area contributed by atoms with Gasteiger partial charge in [0, 0.05) is 48.8 Å². The number of rotatable bonds is 6. The van der Waals surface area contributed by atoms with Gasteiger partial charge < -0.3 is 21.3 Å². The van der Waals surface area contributed by atoms with Crippen molar-refractivity contribution in [3.8, 4) is 6.07 Å². The Kier molecular flexibility index (Phi) is 7.94. The highest BCUT2D eigenvalue weighted by atomic mass is 35.5. The van der Waals surface area contributed by atoms with Gasteiger partial charge in [0.25, 0.3) is 0 Å². The van der Waals surface area contributed by atoms with Crippen molar-refractivity contribution in [2.45, 2.75) is 57.9 Å². The Bertz CT molecular complexity index is 1170. The zero-order valence-electron chi connectivity index (χ0n) is 20.9. The van der Waals surface area contributed by atoms with Gasteiger partial charge in [-0.05, 0) is 69.1 Å². The maximum Gasteiger partial charge on any atom is 0.236 e. The molecular weight excluding hydrogens is 476 g/mol. The van der Waals surface area contributed by atoms with Crippen LogP contribution in [0.3, 0.4) is 0 Å². The number of benzene rings is 1. The van der Waals surface area contributed by atoms with Crippen LogP contribution in [0.1, 0.15) is 57.4 Å². The summed E-state index contributed by atoms with van der Waals surface area (Å²) >= 11 is 6.42. The first-order valence-electron chi connectivity index (χ1n) is 12.4. The fourth-order valence-corrected chi connectivity index (χ4v) is 5.37. The number of aromatic nitrogens is 2. The standard InChI is InChI=1S/C26H33ClN8O/c1-17(30-2)20-4-3-19(15-22(20)29)33-25-31-16-21(27)24(34-25)32-18-5-8-26(9-6-18)10-13-35(14-11-26)23(36)7-12-28/h3-4,15-16,18H,5-11,13-14,29H2,1-2H3,(H2,31,32,33,34). The molecule has 4 rings (SSSR count). The molecule has 2 heterocycles. The zero-order chi connectivity index (χ0) is 25.7. The molecule has 0 unspecified atom stereocenters. The van der Waals surface area contributed by atoms with Crippen molar-refractivity contribution < 1.29 is 4.79 Å². The largest absolute Gasteiger partial charge is 0.398 e. The number of nitriles is 1. The van der Waals surface area contributed by atoms with Crippen molar-refractivity contribution in [3.63, 3.8) is 0 Å². The highest BCUT2D eigenvalue weighted by molar-refractivity contribution is 6.32. The van der Waals surface area contributed by atoms with E-state index in [0.29, 0.717) is 22.5 Å². The van der Waals surface area contributed by atoms with Crippen molar-refractivity contribution in [1.82, 2.24) is 14.9 Å². The first-order chi connectivity index (χ1) is 17.3. The molecular formula is C26H33ClN8O. The normalized spacial score (nSPS) is 18.1. The molecule has 0 radical (unpaired) electrons. The van der Waals surface area contributed by atoms with Gasteiger partial charge in [0.1, 0.15) is 11.4 Å². The number of amides is 1. The van der Waals surface area contributed by atoms with Crippen LogP contribution in [0.4, 0.5) is 23.1 Å². The summed E-state index contributed by atoms with van der Waals surface area (Å²) in [5, 5.41) is 16.0. The molecule has 36 heavy (non-hydrogen) atoms. The lowest BCUT2D eigenvalue weighted by Crippen LogP contribution is -2.45. The number of likely N-dealkylation sites (tertiary alicyclic amines) is 1. The van der Waals surface area contributed by atoms with Gasteiger partial charge in [0.15, 0.2) is 5.82 Å². The van der Waals surface area contributed by atoms with E-state index in [-0.39, 0.29) is 23.8 Å². The van der Waals surface area contributed by atoms with E-state index in [4.69, 9.17) is 22.6 Å². The highest BCUT2D eigenvalue weighted by Crippen LogP contribution is 2.45. The van der Waals surface area contributed by atoms with Gasteiger partial charge in [-0.15, -0.1) is 0 Å². The molecule has 1 amide bonds. The number of anilines is 4. The summed E-state index contributed by atoms with van der Waals surface area (Å²) in [6.45, 7) is 3.43. The van der Waals surface area contributed by atoms with Crippen LogP contribution >= 0.6 is 11.6 Å². The summed E-state index contributed by atoms with van der Waals surface area (Å²) in [6, 6.07) is 7.93.